The molecule has 0 aliphatic rings. The van der Waals surface area contributed by atoms with Crippen LogP contribution in [-0.4, -0.2) is 21.5 Å². The number of rotatable bonds is 6. The highest BCUT2D eigenvalue weighted by Crippen LogP contribution is 2.07. The van der Waals surface area contributed by atoms with Crippen molar-refractivity contribution in [2.24, 2.45) is 0 Å². The Kier molecular flexibility index (Phi) is 5.43. The zero-order valence-electron chi connectivity index (χ0n) is 14.7. The van der Waals surface area contributed by atoms with Gasteiger partial charge in [0.05, 0.1) is 12.3 Å². The van der Waals surface area contributed by atoms with Gasteiger partial charge in [-0.25, -0.2) is 9.78 Å². The molecule has 0 spiro atoms. The van der Waals surface area contributed by atoms with E-state index in [4.69, 9.17) is 9.47 Å². The van der Waals surface area contributed by atoms with Gasteiger partial charge in [-0.2, -0.15) is 0 Å². The van der Waals surface area contributed by atoms with Gasteiger partial charge in [-0.3, -0.25) is 9.20 Å². The van der Waals surface area contributed by atoms with Crippen LogP contribution >= 0.6 is 0 Å². The summed E-state index contributed by atoms with van der Waals surface area (Å²) in [7, 11) is 0. The van der Waals surface area contributed by atoms with Crippen LogP contribution in [0.4, 0.5) is 0 Å². The molecule has 0 saturated carbocycles. The highest BCUT2D eigenvalue weighted by Gasteiger charge is 2.16. The van der Waals surface area contributed by atoms with Crippen LogP contribution in [0.25, 0.3) is 5.65 Å². The summed E-state index contributed by atoms with van der Waals surface area (Å²) in [5, 5.41) is 0. The van der Waals surface area contributed by atoms with Crippen molar-refractivity contribution < 1.29 is 14.3 Å². The standard InChI is InChI=1S/C20H20N2O4/c1-14-8-9-18-21-17(10-19(23)22(18)11-14)13-26-20(24)15(2)25-12-16-6-4-3-5-7-16/h3-11,15H,12-13H2,1-2H3. The topological polar surface area (TPSA) is 69.9 Å². The zero-order chi connectivity index (χ0) is 18.5. The highest BCUT2D eigenvalue weighted by atomic mass is 16.6. The molecule has 1 unspecified atom stereocenters. The maximum atomic E-state index is 12.1. The fourth-order valence-corrected chi connectivity index (χ4v) is 2.46. The quantitative estimate of drug-likeness (QED) is 0.638. The summed E-state index contributed by atoms with van der Waals surface area (Å²) in [6, 6.07) is 14.6. The number of hydrogen-bond acceptors (Lipinski definition) is 5. The lowest BCUT2D eigenvalue weighted by Gasteiger charge is -2.13. The molecule has 2 heterocycles. The lowest BCUT2D eigenvalue weighted by atomic mass is 10.2. The Morgan fingerprint density at radius 3 is 2.69 bits per heavy atom. The predicted octanol–water partition coefficient (Wildman–Crippen LogP) is 2.65. The van der Waals surface area contributed by atoms with Crippen LogP contribution in [-0.2, 0) is 27.5 Å². The molecule has 0 saturated heterocycles. The normalized spacial score (nSPS) is 12.1. The molecule has 6 heteroatoms. The lowest BCUT2D eigenvalue weighted by Crippen LogP contribution is -2.24. The van der Waals surface area contributed by atoms with Crippen molar-refractivity contribution in [1.82, 2.24) is 9.38 Å². The van der Waals surface area contributed by atoms with Gasteiger partial charge in [0, 0.05) is 12.3 Å². The molecule has 0 bridgehead atoms. The van der Waals surface area contributed by atoms with Gasteiger partial charge in [-0.1, -0.05) is 36.4 Å². The van der Waals surface area contributed by atoms with Crippen molar-refractivity contribution in [3.05, 3.63) is 81.9 Å². The van der Waals surface area contributed by atoms with E-state index >= 15 is 0 Å². The van der Waals surface area contributed by atoms with Crippen LogP contribution in [0, 0.1) is 6.92 Å². The zero-order valence-corrected chi connectivity index (χ0v) is 14.7. The fourth-order valence-electron chi connectivity index (χ4n) is 2.46. The van der Waals surface area contributed by atoms with Crippen LogP contribution in [0.15, 0.2) is 59.5 Å². The number of aromatic nitrogens is 2. The van der Waals surface area contributed by atoms with Crippen molar-refractivity contribution in [2.75, 3.05) is 0 Å². The molecule has 6 nitrogen and oxygen atoms in total. The number of esters is 1. The third-order valence-corrected chi connectivity index (χ3v) is 3.90. The number of benzene rings is 1. The number of nitrogens with zero attached hydrogens (tertiary/aromatic N) is 2. The van der Waals surface area contributed by atoms with Crippen LogP contribution in [0.1, 0.15) is 23.7 Å². The van der Waals surface area contributed by atoms with Crippen molar-refractivity contribution >= 4 is 11.6 Å². The molecule has 0 radical (unpaired) electrons. The van der Waals surface area contributed by atoms with Gasteiger partial charge >= 0.3 is 5.97 Å². The molecule has 1 aromatic carbocycles. The van der Waals surface area contributed by atoms with Gasteiger partial charge in [0.15, 0.2) is 6.10 Å². The average Bonchev–Trinajstić information content (AvgIpc) is 2.65. The number of hydrogen-bond donors (Lipinski definition) is 0. The first-order valence-corrected chi connectivity index (χ1v) is 8.34. The number of ether oxygens (including phenoxy) is 2. The average molecular weight is 352 g/mol. The third-order valence-electron chi connectivity index (χ3n) is 3.90. The summed E-state index contributed by atoms with van der Waals surface area (Å²) in [5.74, 6) is -0.494. The number of aryl methyl sites for hydroxylation is 1. The summed E-state index contributed by atoms with van der Waals surface area (Å²) in [6.07, 6.45) is 1.01. The molecule has 3 rings (SSSR count). The molecule has 0 aliphatic heterocycles. The number of pyridine rings is 1. The SMILES string of the molecule is Cc1ccc2nc(COC(=O)C(C)OCc3ccccc3)cc(=O)n2c1. The number of carbonyl (C=O) groups is 1. The Bertz CT molecular complexity index is 966. The summed E-state index contributed by atoms with van der Waals surface area (Å²) in [4.78, 5) is 28.6. The van der Waals surface area contributed by atoms with Crippen LogP contribution in [0.5, 0.6) is 0 Å². The van der Waals surface area contributed by atoms with E-state index in [0.717, 1.165) is 11.1 Å². The molecule has 2 aromatic heterocycles. The van der Waals surface area contributed by atoms with Crippen molar-refractivity contribution in [1.29, 1.82) is 0 Å². The highest BCUT2D eigenvalue weighted by molar-refractivity contribution is 5.74. The van der Waals surface area contributed by atoms with Gasteiger partial charge in [0.25, 0.3) is 5.56 Å². The largest absolute Gasteiger partial charge is 0.457 e. The second kappa shape index (κ2) is 7.93. The van der Waals surface area contributed by atoms with Crippen molar-refractivity contribution in [2.45, 2.75) is 33.2 Å². The lowest BCUT2D eigenvalue weighted by molar-refractivity contribution is -0.158. The van der Waals surface area contributed by atoms with Gasteiger partial charge in [-0.05, 0) is 31.0 Å². The Balaban J connectivity index is 1.59. The van der Waals surface area contributed by atoms with Gasteiger partial charge in [0.1, 0.15) is 12.3 Å². The number of fused-ring (bicyclic) bond motifs is 1. The first kappa shape index (κ1) is 17.8. The van der Waals surface area contributed by atoms with Gasteiger partial charge in [0.2, 0.25) is 0 Å². The van der Waals surface area contributed by atoms with Crippen molar-refractivity contribution in [3.8, 4) is 0 Å². The molecule has 3 aromatic rings. The first-order chi connectivity index (χ1) is 12.5. The van der Waals surface area contributed by atoms with E-state index in [1.165, 1.54) is 10.5 Å². The predicted molar refractivity (Wildman–Crippen MR) is 96.7 cm³/mol. The number of carbonyl (C=O) groups excluding carboxylic acids is 1. The Hall–Kier alpha value is -2.99. The minimum absolute atomic E-state index is 0.0719. The second-order valence-electron chi connectivity index (χ2n) is 6.07. The molecule has 134 valence electrons. The molecular formula is C20H20N2O4. The van der Waals surface area contributed by atoms with E-state index in [-0.39, 0.29) is 12.2 Å². The third kappa shape index (κ3) is 4.34. The maximum Gasteiger partial charge on any atom is 0.335 e. The van der Waals surface area contributed by atoms with E-state index in [9.17, 15) is 9.59 Å². The fraction of sp³-hybridized carbons (Fsp3) is 0.250. The molecule has 26 heavy (non-hydrogen) atoms. The monoisotopic (exact) mass is 352 g/mol. The first-order valence-electron chi connectivity index (χ1n) is 8.34. The van der Waals surface area contributed by atoms with Crippen molar-refractivity contribution in [3.63, 3.8) is 0 Å². The Morgan fingerprint density at radius 2 is 1.92 bits per heavy atom. The minimum Gasteiger partial charge on any atom is -0.457 e. The minimum atomic E-state index is -0.709. The Labute approximate surface area is 151 Å². The maximum absolute atomic E-state index is 12.1. The molecule has 0 N–H and O–H groups in total. The second-order valence-corrected chi connectivity index (χ2v) is 6.07. The van der Waals surface area contributed by atoms with E-state index in [0.29, 0.717) is 17.9 Å². The molecular weight excluding hydrogens is 332 g/mol. The van der Waals surface area contributed by atoms with Crippen LogP contribution in [0.3, 0.4) is 0 Å². The summed E-state index contributed by atoms with van der Waals surface area (Å²) < 4.78 is 12.2. The van der Waals surface area contributed by atoms with Crippen LogP contribution in [0.2, 0.25) is 0 Å². The summed E-state index contributed by atoms with van der Waals surface area (Å²) >= 11 is 0. The van der Waals surface area contributed by atoms with E-state index in [2.05, 4.69) is 4.98 Å². The summed E-state index contributed by atoms with van der Waals surface area (Å²) in [5.41, 5.74) is 2.65. The molecule has 0 amide bonds. The van der Waals surface area contributed by atoms with Gasteiger partial charge in [-0.15, -0.1) is 0 Å². The van der Waals surface area contributed by atoms with E-state index in [1.807, 2.05) is 43.3 Å². The van der Waals surface area contributed by atoms with Gasteiger partial charge < -0.3 is 9.47 Å². The molecule has 0 fully saturated rings. The summed E-state index contributed by atoms with van der Waals surface area (Å²) in [6.45, 7) is 3.79. The Morgan fingerprint density at radius 1 is 1.15 bits per heavy atom. The smallest absolute Gasteiger partial charge is 0.335 e. The van der Waals surface area contributed by atoms with E-state index in [1.54, 1.807) is 19.2 Å². The molecule has 1 atom stereocenters. The molecule has 0 aliphatic carbocycles. The van der Waals surface area contributed by atoms with E-state index < -0.39 is 12.1 Å². The van der Waals surface area contributed by atoms with Crippen LogP contribution < -0.4 is 5.56 Å².